The van der Waals surface area contributed by atoms with Crippen molar-refractivity contribution in [3.8, 4) is 5.75 Å². The number of aryl methyl sites for hydroxylation is 1. The molecule has 0 aliphatic heterocycles. The molecule has 0 aliphatic carbocycles. The van der Waals surface area contributed by atoms with Crippen LogP contribution in [0.3, 0.4) is 0 Å². The third-order valence-corrected chi connectivity index (χ3v) is 4.53. The maximum atomic E-state index is 14.3. The quantitative estimate of drug-likeness (QED) is 0.237. The fraction of sp³-hybridized carbons (Fsp3) is 0.240. The van der Waals surface area contributed by atoms with Crippen LogP contribution >= 0.6 is 0 Å². The van der Waals surface area contributed by atoms with Gasteiger partial charge in [0.25, 0.3) is 0 Å². The Morgan fingerprint density at radius 1 is 1.09 bits per heavy atom. The zero-order valence-electron chi connectivity index (χ0n) is 19.1. The summed E-state index contributed by atoms with van der Waals surface area (Å²) in [6, 6.07) is 11.7. The number of carbonyl (C=O) groups excluding carboxylic acids is 1. The zero-order chi connectivity index (χ0) is 23.8. The van der Waals surface area contributed by atoms with Crippen molar-refractivity contribution < 1.29 is 18.7 Å². The Kier molecular flexibility index (Phi) is 8.10. The standard InChI is InChI=1S/C25H27FN4O3/c1-16(2)12-22(31)18-6-5-7-19(13-18)28-24-17(3)15-27-25(30-24)29-20-8-9-23(21(26)14-20)33-11-10-32-4/h5-9,12-15H,10-11H2,1-4H3,(H2,27,28,29,30). The molecule has 7 nitrogen and oxygen atoms in total. The molecule has 3 aromatic rings. The normalized spacial score (nSPS) is 10.5. The van der Waals surface area contributed by atoms with Gasteiger partial charge < -0.3 is 20.1 Å². The summed E-state index contributed by atoms with van der Waals surface area (Å²) in [6.45, 7) is 6.27. The van der Waals surface area contributed by atoms with E-state index in [1.807, 2.05) is 32.9 Å². The van der Waals surface area contributed by atoms with E-state index < -0.39 is 5.82 Å². The first kappa shape index (κ1) is 23.9. The summed E-state index contributed by atoms with van der Waals surface area (Å²) >= 11 is 0. The van der Waals surface area contributed by atoms with E-state index in [2.05, 4.69) is 20.6 Å². The molecule has 0 saturated heterocycles. The van der Waals surface area contributed by atoms with Crippen LogP contribution in [0.4, 0.5) is 27.5 Å². The molecule has 0 radical (unpaired) electrons. The highest BCUT2D eigenvalue weighted by Crippen LogP contribution is 2.25. The molecular weight excluding hydrogens is 423 g/mol. The Morgan fingerprint density at radius 2 is 1.88 bits per heavy atom. The van der Waals surface area contributed by atoms with Crippen molar-refractivity contribution in [1.82, 2.24) is 9.97 Å². The number of hydrogen-bond acceptors (Lipinski definition) is 7. The van der Waals surface area contributed by atoms with Crippen LogP contribution in [0.25, 0.3) is 0 Å². The van der Waals surface area contributed by atoms with Gasteiger partial charge in [-0.2, -0.15) is 4.98 Å². The van der Waals surface area contributed by atoms with Crippen LogP contribution < -0.4 is 15.4 Å². The third-order valence-electron chi connectivity index (χ3n) is 4.53. The summed E-state index contributed by atoms with van der Waals surface area (Å²) < 4.78 is 24.5. The minimum Gasteiger partial charge on any atom is -0.488 e. The molecular formula is C25H27FN4O3. The van der Waals surface area contributed by atoms with Crippen molar-refractivity contribution in [1.29, 1.82) is 0 Å². The second kappa shape index (κ2) is 11.2. The van der Waals surface area contributed by atoms with Gasteiger partial charge in [-0.3, -0.25) is 4.79 Å². The highest BCUT2D eigenvalue weighted by molar-refractivity contribution is 6.05. The van der Waals surface area contributed by atoms with Crippen molar-refractivity contribution in [2.75, 3.05) is 31.0 Å². The maximum Gasteiger partial charge on any atom is 0.229 e. The van der Waals surface area contributed by atoms with Crippen LogP contribution in [0.5, 0.6) is 5.75 Å². The van der Waals surface area contributed by atoms with Gasteiger partial charge in [0.15, 0.2) is 17.3 Å². The number of ether oxygens (including phenoxy) is 2. The van der Waals surface area contributed by atoms with E-state index in [1.165, 1.54) is 12.1 Å². The van der Waals surface area contributed by atoms with Gasteiger partial charge in [-0.1, -0.05) is 17.7 Å². The van der Waals surface area contributed by atoms with Gasteiger partial charge in [-0.15, -0.1) is 0 Å². The van der Waals surface area contributed by atoms with Gasteiger partial charge in [0.1, 0.15) is 12.4 Å². The van der Waals surface area contributed by atoms with Crippen molar-refractivity contribution in [2.45, 2.75) is 20.8 Å². The van der Waals surface area contributed by atoms with E-state index in [0.29, 0.717) is 29.6 Å². The van der Waals surface area contributed by atoms with E-state index in [9.17, 15) is 9.18 Å². The van der Waals surface area contributed by atoms with E-state index in [0.717, 1.165) is 16.8 Å². The fourth-order valence-electron chi connectivity index (χ4n) is 2.92. The lowest BCUT2D eigenvalue weighted by atomic mass is 10.1. The van der Waals surface area contributed by atoms with E-state index >= 15 is 0 Å². The summed E-state index contributed by atoms with van der Waals surface area (Å²) in [5, 5.41) is 6.23. The van der Waals surface area contributed by atoms with Gasteiger partial charge >= 0.3 is 0 Å². The Balaban J connectivity index is 1.75. The van der Waals surface area contributed by atoms with Crippen molar-refractivity contribution in [3.05, 3.63) is 77.3 Å². The minimum atomic E-state index is -0.501. The number of hydrogen-bond donors (Lipinski definition) is 2. The fourth-order valence-corrected chi connectivity index (χ4v) is 2.92. The average molecular weight is 451 g/mol. The SMILES string of the molecule is COCCOc1ccc(Nc2ncc(C)c(Nc3cccc(C(=O)C=C(C)C)c3)n2)cc1F. The molecule has 2 N–H and O–H groups in total. The molecule has 33 heavy (non-hydrogen) atoms. The third kappa shape index (κ3) is 6.85. The number of aromatic nitrogens is 2. The Bertz CT molecular complexity index is 1160. The van der Waals surface area contributed by atoms with E-state index in [1.54, 1.807) is 37.6 Å². The number of rotatable bonds is 10. The molecule has 2 aromatic carbocycles. The molecule has 0 saturated carbocycles. The van der Waals surface area contributed by atoms with Crippen LogP contribution in [-0.2, 0) is 4.74 Å². The first-order chi connectivity index (χ1) is 15.9. The smallest absolute Gasteiger partial charge is 0.229 e. The molecule has 0 bridgehead atoms. The summed E-state index contributed by atoms with van der Waals surface area (Å²) in [7, 11) is 1.55. The minimum absolute atomic E-state index is 0.0583. The number of carbonyl (C=O) groups is 1. The van der Waals surface area contributed by atoms with Crippen molar-refractivity contribution in [2.24, 2.45) is 0 Å². The van der Waals surface area contributed by atoms with Gasteiger partial charge in [-0.25, -0.2) is 9.37 Å². The molecule has 172 valence electrons. The van der Waals surface area contributed by atoms with E-state index in [4.69, 9.17) is 9.47 Å². The number of ketones is 1. The molecule has 8 heteroatoms. The largest absolute Gasteiger partial charge is 0.488 e. The average Bonchev–Trinajstić information content (AvgIpc) is 2.77. The molecule has 1 heterocycles. The summed E-state index contributed by atoms with van der Waals surface area (Å²) in [5.74, 6) is 0.454. The lowest BCUT2D eigenvalue weighted by Crippen LogP contribution is -2.06. The predicted molar refractivity (Wildman–Crippen MR) is 127 cm³/mol. The predicted octanol–water partition coefficient (Wildman–Crippen LogP) is 5.59. The van der Waals surface area contributed by atoms with Crippen LogP contribution in [0.2, 0.25) is 0 Å². The summed E-state index contributed by atoms with van der Waals surface area (Å²) in [6.07, 6.45) is 3.26. The first-order valence-corrected chi connectivity index (χ1v) is 10.4. The van der Waals surface area contributed by atoms with Gasteiger partial charge in [-0.05, 0) is 51.1 Å². The monoisotopic (exact) mass is 450 g/mol. The van der Waals surface area contributed by atoms with Crippen molar-refractivity contribution in [3.63, 3.8) is 0 Å². The van der Waals surface area contributed by atoms with Crippen LogP contribution in [-0.4, -0.2) is 36.1 Å². The molecule has 0 spiro atoms. The zero-order valence-corrected chi connectivity index (χ0v) is 19.1. The lowest BCUT2D eigenvalue weighted by molar-refractivity contribution is 0.104. The van der Waals surface area contributed by atoms with Gasteiger partial charge in [0.2, 0.25) is 5.95 Å². The number of allylic oxidation sites excluding steroid dienone is 2. The van der Waals surface area contributed by atoms with Crippen molar-refractivity contribution >= 4 is 28.9 Å². The first-order valence-electron chi connectivity index (χ1n) is 10.4. The second-order valence-corrected chi connectivity index (χ2v) is 7.63. The Labute approximate surface area is 192 Å². The number of halogens is 1. The number of nitrogens with zero attached hydrogens (tertiary/aromatic N) is 2. The number of nitrogens with one attached hydrogen (secondary N) is 2. The number of anilines is 4. The van der Waals surface area contributed by atoms with Gasteiger partial charge in [0, 0.05) is 41.9 Å². The second-order valence-electron chi connectivity index (χ2n) is 7.63. The molecule has 3 rings (SSSR count). The number of benzene rings is 2. The molecule has 0 fully saturated rings. The molecule has 0 atom stereocenters. The lowest BCUT2D eigenvalue weighted by Gasteiger charge is -2.12. The van der Waals surface area contributed by atoms with Gasteiger partial charge in [0.05, 0.1) is 6.61 Å². The molecule has 1 aromatic heterocycles. The summed E-state index contributed by atoms with van der Waals surface area (Å²) in [5.41, 5.74) is 3.53. The Hall–Kier alpha value is -3.78. The highest BCUT2D eigenvalue weighted by atomic mass is 19.1. The molecule has 0 aliphatic rings. The molecule has 0 amide bonds. The van der Waals surface area contributed by atoms with Crippen LogP contribution in [0, 0.1) is 12.7 Å². The maximum absolute atomic E-state index is 14.3. The Morgan fingerprint density at radius 3 is 2.61 bits per heavy atom. The van der Waals surface area contributed by atoms with E-state index in [-0.39, 0.29) is 18.1 Å². The summed E-state index contributed by atoms with van der Waals surface area (Å²) in [4.78, 5) is 21.1. The van der Waals surface area contributed by atoms with Crippen LogP contribution in [0.15, 0.2) is 60.3 Å². The highest BCUT2D eigenvalue weighted by Gasteiger charge is 2.10. The number of methoxy groups -OCH3 is 1. The van der Waals surface area contributed by atoms with Crippen LogP contribution in [0.1, 0.15) is 29.8 Å². The molecule has 0 unspecified atom stereocenters. The topological polar surface area (TPSA) is 85.4 Å².